The van der Waals surface area contributed by atoms with Gasteiger partial charge >= 0.3 is 0 Å². The molecule has 7 nitrogen and oxygen atoms in total. The van der Waals surface area contributed by atoms with Crippen LogP contribution < -0.4 is 5.32 Å². The summed E-state index contributed by atoms with van der Waals surface area (Å²) in [7, 11) is 2.03. The third-order valence-corrected chi connectivity index (χ3v) is 4.29. The third-order valence-electron chi connectivity index (χ3n) is 4.29. The second kappa shape index (κ2) is 5.59. The van der Waals surface area contributed by atoms with Crippen LogP contribution in [0.4, 0.5) is 5.82 Å². The Hall–Kier alpha value is -1.70. The van der Waals surface area contributed by atoms with Crippen molar-refractivity contribution in [2.24, 2.45) is 0 Å². The van der Waals surface area contributed by atoms with Gasteiger partial charge in [-0.05, 0) is 20.0 Å². The van der Waals surface area contributed by atoms with Crippen molar-refractivity contribution in [3.8, 4) is 0 Å². The number of likely N-dealkylation sites (N-methyl/N-ethyl adjacent to an activating group) is 1. The van der Waals surface area contributed by atoms with Gasteiger partial charge in [-0.3, -0.25) is 4.90 Å². The van der Waals surface area contributed by atoms with Crippen molar-refractivity contribution < 1.29 is 9.84 Å². The van der Waals surface area contributed by atoms with E-state index in [1.54, 1.807) is 10.7 Å². The highest BCUT2D eigenvalue weighted by Gasteiger charge is 2.40. The standard InChI is InChI=1S/C14H21N5O2/c1-11-7-21-10-14(9-20,18(11)2)8-15-12-4-6-19-13(17-12)3-5-16-19/h3-6,11,20H,7-10H2,1-2H3,(H,15,17)/t11-,14+/m1/s1. The van der Waals surface area contributed by atoms with Gasteiger partial charge in [-0.15, -0.1) is 0 Å². The first-order valence-corrected chi connectivity index (χ1v) is 7.10. The summed E-state index contributed by atoms with van der Waals surface area (Å²) in [5.41, 5.74) is 0.366. The smallest absolute Gasteiger partial charge is 0.157 e. The summed E-state index contributed by atoms with van der Waals surface area (Å²) >= 11 is 0. The molecule has 0 unspecified atom stereocenters. The van der Waals surface area contributed by atoms with E-state index < -0.39 is 5.54 Å². The van der Waals surface area contributed by atoms with Gasteiger partial charge < -0.3 is 15.2 Å². The molecule has 0 bridgehead atoms. The molecule has 1 saturated heterocycles. The van der Waals surface area contributed by atoms with Crippen molar-refractivity contribution in [1.29, 1.82) is 0 Å². The molecule has 2 N–H and O–H groups in total. The van der Waals surface area contributed by atoms with Crippen molar-refractivity contribution in [3.05, 3.63) is 24.5 Å². The third kappa shape index (κ3) is 2.59. The van der Waals surface area contributed by atoms with Gasteiger partial charge in [0, 0.05) is 24.8 Å². The topological polar surface area (TPSA) is 74.9 Å². The number of morpholine rings is 1. The lowest BCUT2D eigenvalue weighted by atomic mass is 9.96. The molecule has 2 aromatic heterocycles. The van der Waals surface area contributed by atoms with Crippen LogP contribution in [0.5, 0.6) is 0 Å². The van der Waals surface area contributed by atoms with E-state index in [2.05, 4.69) is 27.2 Å². The predicted molar refractivity (Wildman–Crippen MR) is 79.3 cm³/mol. The van der Waals surface area contributed by atoms with Crippen LogP contribution in [0.3, 0.4) is 0 Å². The first-order valence-electron chi connectivity index (χ1n) is 7.10. The Kier molecular flexibility index (Phi) is 3.79. The minimum atomic E-state index is -0.425. The van der Waals surface area contributed by atoms with Crippen molar-refractivity contribution in [2.45, 2.75) is 18.5 Å². The van der Waals surface area contributed by atoms with Crippen molar-refractivity contribution in [2.75, 3.05) is 38.7 Å². The lowest BCUT2D eigenvalue weighted by Gasteiger charge is -2.47. The highest BCUT2D eigenvalue weighted by Crippen LogP contribution is 2.22. The highest BCUT2D eigenvalue weighted by atomic mass is 16.5. The molecule has 2 atom stereocenters. The highest BCUT2D eigenvalue weighted by molar-refractivity contribution is 5.45. The Bertz CT molecular complexity index is 616. The average molecular weight is 291 g/mol. The molecule has 0 spiro atoms. The summed E-state index contributed by atoms with van der Waals surface area (Å²) in [5.74, 6) is 0.766. The number of aliphatic hydroxyl groups is 1. The monoisotopic (exact) mass is 291 g/mol. The number of fused-ring (bicyclic) bond motifs is 1. The number of nitrogens with zero attached hydrogens (tertiary/aromatic N) is 4. The fourth-order valence-electron chi connectivity index (χ4n) is 2.66. The molecular weight excluding hydrogens is 270 g/mol. The molecule has 0 aromatic carbocycles. The van der Waals surface area contributed by atoms with E-state index in [1.807, 2.05) is 25.4 Å². The summed E-state index contributed by atoms with van der Waals surface area (Å²) in [6, 6.07) is 4.00. The first-order chi connectivity index (χ1) is 10.1. The molecule has 1 fully saturated rings. The zero-order valence-electron chi connectivity index (χ0n) is 12.4. The van der Waals surface area contributed by atoms with Crippen molar-refractivity contribution in [3.63, 3.8) is 0 Å². The lowest BCUT2D eigenvalue weighted by molar-refractivity contribution is -0.101. The van der Waals surface area contributed by atoms with Crippen LogP contribution >= 0.6 is 0 Å². The number of aliphatic hydroxyl groups excluding tert-OH is 1. The number of aromatic nitrogens is 3. The maximum Gasteiger partial charge on any atom is 0.157 e. The van der Waals surface area contributed by atoms with Gasteiger partial charge in [-0.25, -0.2) is 9.50 Å². The number of hydrogen-bond donors (Lipinski definition) is 2. The number of nitrogens with one attached hydrogen (secondary N) is 1. The largest absolute Gasteiger partial charge is 0.394 e. The van der Waals surface area contributed by atoms with Gasteiger partial charge in [0.1, 0.15) is 5.82 Å². The Morgan fingerprint density at radius 3 is 3.19 bits per heavy atom. The molecule has 1 aliphatic rings. The van der Waals surface area contributed by atoms with E-state index in [0.29, 0.717) is 19.8 Å². The molecule has 0 aliphatic carbocycles. The molecular formula is C14H21N5O2. The molecule has 0 saturated carbocycles. The Balaban J connectivity index is 1.75. The van der Waals surface area contributed by atoms with Crippen LogP contribution in [0.25, 0.3) is 5.65 Å². The summed E-state index contributed by atoms with van der Waals surface area (Å²) in [6.45, 7) is 3.90. The summed E-state index contributed by atoms with van der Waals surface area (Å²) in [6.07, 6.45) is 3.58. The molecule has 2 aromatic rings. The maximum atomic E-state index is 9.85. The fourth-order valence-corrected chi connectivity index (χ4v) is 2.66. The number of rotatable bonds is 4. The molecule has 21 heavy (non-hydrogen) atoms. The van der Waals surface area contributed by atoms with E-state index in [9.17, 15) is 5.11 Å². The molecule has 114 valence electrons. The van der Waals surface area contributed by atoms with E-state index >= 15 is 0 Å². The van der Waals surface area contributed by atoms with Crippen LogP contribution in [0.2, 0.25) is 0 Å². The molecule has 0 radical (unpaired) electrons. The molecule has 0 amide bonds. The second-order valence-electron chi connectivity index (χ2n) is 5.66. The van der Waals surface area contributed by atoms with Crippen LogP contribution in [-0.4, -0.2) is 69.6 Å². The lowest BCUT2D eigenvalue weighted by Crippen LogP contribution is -2.64. The number of anilines is 1. The minimum absolute atomic E-state index is 0.0375. The Labute approximate surface area is 123 Å². The van der Waals surface area contributed by atoms with Crippen molar-refractivity contribution >= 4 is 11.5 Å². The molecule has 3 heterocycles. The summed E-state index contributed by atoms with van der Waals surface area (Å²) in [4.78, 5) is 6.66. The van der Waals surface area contributed by atoms with E-state index in [0.717, 1.165) is 11.5 Å². The van der Waals surface area contributed by atoms with Gasteiger partial charge in [0.05, 0.1) is 31.6 Å². The van der Waals surface area contributed by atoms with Gasteiger partial charge in [0.2, 0.25) is 0 Å². The number of hydrogen-bond acceptors (Lipinski definition) is 6. The Morgan fingerprint density at radius 1 is 1.52 bits per heavy atom. The molecule has 7 heteroatoms. The Morgan fingerprint density at radius 2 is 2.38 bits per heavy atom. The van der Waals surface area contributed by atoms with Crippen LogP contribution in [0.1, 0.15) is 6.92 Å². The van der Waals surface area contributed by atoms with Crippen LogP contribution in [-0.2, 0) is 4.74 Å². The van der Waals surface area contributed by atoms with Crippen LogP contribution in [0, 0.1) is 0 Å². The SMILES string of the molecule is C[C@@H]1COC[C@@](CO)(CNc2ccn3nccc3n2)N1C. The zero-order valence-corrected chi connectivity index (χ0v) is 12.4. The first kappa shape index (κ1) is 14.2. The van der Waals surface area contributed by atoms with Gasteiger partial charge in [-0.1, -0.05) is 0 Å². The fraction of sp³-hybridized carbons (Fsp3) is 0.571. The normalized spacial score (nSPS) is 27.1. The van der Waals surface area contributed by atoms with E-state index in [4.69, 9.17) is 4.74 Å². The summed E-state index contributed by atoms with van der Waals surface area (Å²) < 4.78 is 7.34. The van der Waals surface area contributed by atoms with Gasteiger partial charge in [-0.2, -0.15) is 5.10 Å². The minimum Gasteiger partial charge on any atom is -0.394 e. The maximum absolute atomic E-state index is 9.85. The molecule has 1 aliphatic heterocycles. The van der Waals surface area contributed by atoms with Crippen molar-refractivity contribution in [1.82, 2.24) is 19.5 Å². The predicted octanol–water partition coefficient (Wildman–Crippen LogP) is 0.223. The summed E-state index contributed by atoms with van der Waals surface area (Å²) in [5, 5.41) is 17.3. The number of ether oxygens (including phenoxy) is 1. The van der Waals surface area contributed by atoms with E-state index in [1.165, 1.54) is 0 Å². The van der Waals surface area contributed by atoms with Gasteiger partial charge in [0.15, 0.2) is 5.65 Å². The second-order valence-corrected chi connectivity index (χ2v) is 5.66. The van der Waals surface area contributed by atoms with E-state index in [-0.39, 0.29) is 12.6 Å². The average Bonchev–Trinajstić information content (AvgIpc) is 2.97. The molecule has 3 rings (SSSR count). The quantitative estimate of drug-likeness (QED) is 0.839. The van der Waals surface area contributed by atoms with Crippen LogP contribution in [0.15, 0.2) is 24.5 Å². The van der Waals surface area contributed by atoms with Gasteiger partial charge in [0.25, 0.3) is 0 Å². The zero-order chi connectivity index (χ0) is 14.9.